The molecular weight excluding hydrogens is 280 g/mol. The fourth-order valence-electron chi connectivity index (χ4n) is 1.93. The quantitative estimate of drug-likeness (QED) is 0.912. The first kappa shape index (κ1) is 15.8. The summed E-state index contributed by atoms with van der Waals surface area (Å²) in [7, 11) is 3.45. The highest BCUT2D eigenvalue weighted by Gasteiger charge is 2.08. The molecule has 0 aliphatic heterocycles. The predicted octanol–water partition coefficient (Wildman–Crippen LogP) is 1.60. The van der Waals surface area contributed by atoms with Gasteiger partial charge in [-0.05, 0) is 24.3 Å². The Labute approximate surface area is 129 Å². The molecule has 2 rings (SSSR count). The first-order valence-corrected chi connectivity index (χ1v) is 7.13. The molecule has 1 aromatic carbocycles. The lowest BCUT2D eigenvalue weighted by Crippen LogP contribution is -2.21. The zero-order valence-corrected chi connectivity index (χ0v) is 13.0. The molecule has 6 nitrogen and oxygen atoms in total. The number of carbonyl (C=O) groups is 2. The number of hydrogen-bond donors (Lipinski definition) is 1. The number of nitrogens with one attached hydrogen (secondary N) is 1. The van der Waals surface area contributed by atoms with Crippen LogP contribution in [0.15, 0.2) is 36.7 Å². The lowest BCUT2D eigenvalue weighted by Gasteiger charge is -2.10. The molecule has 116 valence electrons. The van der Waals surface area contributed by atoms with Crippen molar-refractivity contribution in [1.82, 2.24) is 20.0 Å². The minimum Gasteiger partial charge on any atom is -0.352 e. The van der Waals surface area contributed by atoms with E-state index in [9.17, 15) is 9.59 Å². The Morgan fingerprint density at radius 3 is 2.50 bits per heavy atom. The zero-order valence-electron chi connectivity index (χ0n) is 13.0. The van der Waals surface area contributed by atoms with Gasteiger partial charge in [0.15, 0.2) is 0 Å². The normalized spacial score (nSPS) is 10.3. The van der Waals surface area contributed by atoms with E-state index in [4.69, 9.17) is 0 Å². The largest absolute Gasteiger partial charge is 0.352 e. The molecule has 1 N–H and O–H groups in total. The molecule has 0 unspecified atom stereocenters. The molecule has 0 aliphatic carbocycles. The summed E-state index contributed by atoms with van der Waals surface area (Å²) in [6, 6.07) is 7.24. The van der Waals surface area contributed by atoms with Crippen LogP contribution in [0.25, 0.3) is 5.69 Å². The molecule has 0 saturated heterocycles. The van der Waals surface area contributed by atoms with Gasteiger partial charge in [0.05, 0.1) is 11.9 Å². The van der Waals surface area contributed by atoms with E-state index in [0.717, 1.165) is 11.3 Å². The van der Waals surface area contributed by atoms with Crippen LogP contribution in [0, 0.1) is 0 Å². The molecule has 0 fully saturated rings. The Bertz CT molecular complexity index is 659. The van der Waals surface area contributed by atoms with Crippen LogP contribution in [-0.4, -0.2) is 40.6 Å². The second kappa shape index (κ2) is 6.89. The van der Waals surface area contributed by atoms with Crippen LogP contribution >= 0.6 is 0 Å². The van der Waals surface area contributed by atoms with Gasteiger partial charge in [0.2, 0.25) is 5.91 Å². The number of nitrogens with zero attached hydrogens (tertiary/aromatic N) is 3. The number of carbonyl (C=O) groups excluding carboxylic acids is 2. The van der Waals surface area contributed by atoms with Crippen molar-refractivity contribution in [2.45, 2.75) is 19.9 Å². The number of benzene rings is 1. The first-order valence-electron chi connectivity index (χ1n) is 7.13. The van der Waals surface area contributed by atoms with Gasteiger partial charge in [-0.15, -0.1) is 0 Å². The van der Waals surface area contributed by atoms with Crippen LogP contribution in [0.4, 0.5) is 0 Å². The van der Waals surface area contributed by atoms with Crippen molar-refractivity contribution in [3.05, 3.63) is 47.8 Å². The van der Waals surface area contributed by atoms with Crippen molar-refractivity contribution in [3.63, 3.8) is 0 Å². The third-order valence-electron chi connectivity index (χ3n) is 3.23. The Kier molecular flexibility index (Phi) is 4.93. The van der Waals surface area contributed by atoms with E-state index in [1.165, 1.54) is 4.90 Å². The van der Waals surface area contributed by atoms with Crippen molar-refractivity contribution in [3.8, 4) is 5.69 Å². The monoisotopic (exact) mass is 300 g/mol. The van der Waals surface area contributed by atoms with Gasteiger partial charge in [0.1, 0.15) is 0 Å². The van der Waals surface area contributed by atoms with Crippen LogP contribution < -0.4 is 5.32 Å². The van der Waals surface area contributed by atoms with Gasteiger partial charge in [-0.3, -0.25) is 9.59 Å². The van der Waals surface area contributed by atoms with Gasteiger partial charge in [0.25, 0.3) is 5.91 Å². The van der Waals surface area contributed by atoms with Gasteiger partial charge in [-0.25, -0.2) is 4.68 Å². The third kappa shape index (κ3) is 3.72. The Morgan fingerprint density at radius 2 is 1.91 bits per heavy atom. The van der Waals surface area contributed by atoms with E-state index < -0.39 is 0 Å². The highest BCUT2D eigenvalue weighted by molar-refractivity contribution is 5.94. The molecule has 2 aromatic rings. The van der Waals surface area contributed by atoms with Crippen LogP contribution in [0.3, 0.4) is 0 Å². The molecule has 0 atom stereocenters. The molecule has 0 spiro atoms. The SMILES string of the molecule is CCC(=O)NCc1cnn(-c2ccc(C(=O)N(C)C)cc2)c1. The molecule has 1 heterocycles. The van der Waals surface area contributed by atoms with E-state index in [2.05, 4.69) is 10.4 Å². The van der Waals surface area contributed by atoms with Crippen LogP contribution in [0.1, 0.15) is 29.3 Å². The highest BCUT2D eigenvalue weighted by Crippen LogP contribution is 2.11. The minimum absolute atomic E-state index is 0.0132. The van der Waals surface area contributed by atoms with Crippen molar-refractivity contribution in [1.29, 1.82) is 0 Å². The summed E-state index contributed by atoms with van der Waals surface area (Å²) in [5, 5.41) is 7.08. The van der Waals surface area contributed by atoms with Gasteiger partial charge < -0.3 is 10.2 Å². The zero-order chi connectivity index (χ0) is 16.1. The van der Waals surface area contributed by atoms with E-state index in [-0.39, 0.29) is 11.8 Å². The number of rotatable bonds is 5. The van der Waals surface area contributed by atoms with E-state index >= 15 is 0 Å². The van der Waals surface area contributed by atoms with Crippen LogP contribution in [0.2, 0.25) is 0 Å². The average Bonchev–Trinajstić information content (AvgIpc) is 3.00. The number of amides is 2. The highest BCUT2D eigenvalue weighted by atomic mass is 16.2. The molecule has 6 heteroatoms. The van der Waals surface area contributed by atoms with E-state index in [1.807, 2.05) is 25.3 Å². The topological polar surface area (TPSA) is 67.2 Å². The van der Waals surface area contributed by atoms with Crippen LogP contribution in [0.5, 0.6) is 0 Å². The summed E-state index contributed by atoms with van der Waals surface area (Å²) in [5.41, 5.74) is 2.43. The summed E-state index contributed by atoms with van der Waals surface area (Å²) < 4.78 is 1.72. The number of aromatic nitrogens is 2. The summed E-state index contributed by atoms with van der Waals surface area (Å²) >= 11 is 0. The molecule has 22 heavy (non-hydrogen) atoms. The second-order valence-electron chi connectivity index (χ2n) is 5.17. The Balaban J connectivity index is 2.07. The maximum atomic E-state index is 11.8. The van der Waals surface area contributed by atoms with Gasteiger partial charge in [-0.2, -0.15) is 5.10 Å². The summed E-state index contributed by atoms with van der Waals surface area (Å²) in [4.78, 5) is 24.6. The smallest absolute Gasteiger partial charge is 0.253 e. The first-order chi connectivity index (χ1) is 10.5. The fourth-order valence-corrected chi connectivity index (χ4v) is 1.93. The van der Waals surface area contributed by atoms with E-state index in [1.54, 1.807) is 37.1 Å². The summed E-state index contributed by atoms with van der Waals surface area (Å²) in [5.74, 6) is -0.0192. The molecule has 0 aliphatic rings. The molecule has 1 aromatic heterocycles. The Hall–Kier alpha value is -2.63. The molecule has 0 bridgehead atoms. The summed E-state index contributed by atoms with van der Waals surface area (Å²) in [6.07, 6.45) is 4.04. The lowest BCUT2D eigenvalue weighted by molar-refractivity contribution is -0.120. The van der Waals surface area contributed by atoms with Crippen molar-refractivity contribution >= 4 is 11.8 Å². The maximum absolute atomic E-state index is 11.8. The lowest BCUT2D eigenvalue weighted by atomic mass is 10.2. The van der Waals surface area contributed by atoms with E-state index in [0.29, 0.717) is 18.5 Å². The van der Waals surface area contributed by atoms with Crippen molar-refractivity contribution < 1.29 is 9.59 Å². The molecule has 0 saturated carbocycles. The minimum atomic E-state index is -0.0324. The average molecular weight is 300 g/mol. The summed E-state index contributed by atoms with van der Waals surface area (Å²) in [6.45, 7) is 2.28. The standard InChI is InChI=1S/C16H20N4O2/c1-4-15(21)17-9-12-10-18-20(11-12)14-7-5-13(6-8-14)16(22)19(2)3/h5-8,10-11H,4,9H2,1-3H3,(H,17,21). The molecule has 0 radical (unpaired) electrons. The van der Waals surface area contributed by atoms with Gasteiger partial charge in [-0.1, -0.05) is 6.92 Å². The van der Waals surface area contributed by atoms with Gasteiger partial charge >= 0.3 is 0 Å². The fraction of sp³-hybridized carbons (Fsp3) is 0.312. The number of hydrogen-bond acceptors (Lipinski definition) is 3. The van der Waals surface area contributed by atoms with Crippen molar-refractivity contribution in [2.24, 2.45) is 0 Å². The Morgan fingerprint density at radius 1 is 1.23 bits per heavy atom. The van der Waals surface area contributed by atoms with Crippen LogP contribution in [-0.2, 0) is 11.3 Å². The third-order valence-corrected chi connectivity index (χ3v) is 3.23. The predicted molar refractivity (Wildman–Crippen MR) is 83.7 cm³/mol. The molecular formula is C16H20N4O2. The maximum Gasteiger partial charge on any atom is 0.253 e. The second-order valence-corrected chi connectivity index (χ2v) is 5.17. The van der Waals surface area contributed by atoms with Gasteiger partial charge in [0, 0.05) is 44.4 Å². The van der Waals surface area contributed by atoms with Crippen molar-refractivity contribution in [2.75, 3.05) is 14.1 Å². The molecule has 2 amide bonds.